The van der Waals surface area contributed by atoms with Crippen LogP contribution in [0.3, 0.4) is 0 Å². The molecule has 6 rings (SSSR count). The summed E-state index contributed by atoms with van der Waals surface area (Å²) in [7, 11) is 0. The van der Waals surface area contributed by atoms with Crippen molar-refractivity contribution in [2.75, 3.05) is 0 Å². The second kappa shape index (κ2) is 9.79. The van der Waals surface area contributed by atoms with E-state index in [0.29, 0.717) is 6.42 Å². The van der Waals surface area contributed by atoms with Gasteiger partial charge in [-0.1, -0.05) is 86.3 Å². The Morgan fingerprint density at radius 2 is 0.914 bits per heavy atom. The molecule has 2 aromatic rings. The highest BCUT2D eigenvalue weighted by atomic mass is 16.5. The predicted molar refractivity (Wildman–Crippen MR) is 141 cm³/mol. The molecule has 2 atom stereocenters. The van der Waals surface area contributed by atoms with Gasteiger partial charge in [-0.2, -0.15) is 0 Å². The van der Waals surface area contributed by atoms with Gasteiger partial charge in [-0.05, 0) is 62.5 Å². The summed E-state index contributed by atoms with van der Waals surface area (Å²) in [6.45, 7) is 0. The molecule has 4 nitrogen and oxygen atoms in total. The van der Waals surface area contributed by atoms with Crippen LogP contribution in [0.15, 0.2) is 70.6 Å². The van der Waals surface area contributed by atoms with Crippen LogP contribution < -0.4 is 0 Å². The SMILES string of the molecule is c1ccc([C@@H]2N=C(CC3=N[C@@H](c4ccccc4)C4(CCCCCC4)O3)OC23CCCCCC3)cc1. The van der Waals surface area contributed by atoms with Gasteiger partial charge in [0.05, 0.1) is 6.42 Å². The zero-order valence-corrected chi connectivity index (χ0v) is 20.8. The third-order valence-corrected chi connectivity index (χ3v) is 8.62. The molecule has 0 N–H and O–H groups in total. The Morgan fingerprint density at radius 1 is 0.543 bits per heavy atom. The summed E-state index contributed by atoms with van der Waals surface area (Å²) < 4.78 is 13.7. The number of nitrogens with zero attached hydrogens (tertiary/aromatic N) is 2. The first kappa shape index (κ1) is 22.8. The normalized spacial score (nSPS) is 27.4. The van der Waals surface area contributed by atoms with Crippen molar-refractivity contribution < 1.29 is 9.47 Å². The molecule has 0 aromatic heterocycles. The van der Waals surface area contributed by atoms with Crippen LogP contribution in [0, 0.1) is 0 Å². The highest BCUT2D eigenvalue weighted by Crippen LogP contribution is 2.49. The van der Waals surface area contributed by atoms with E-state index < -0.39 is 0 Å². The largest absolute Gasteiger partial charge is 0.471 e. The fourth-order valence-electron chi connectivity index (χ4n) is 6.88. The maximum Gasteiger partial charge on any atom is 0.194 e. The number of hydrogen-bond donors (Lipinski definition) is 0. The minimum Gasteiger partial charge on any atom is -0.471 e. The lowest BCUT2D eigenvalue weighted by Gasteiger charge is -2.33. The van der Waals surface area contributed by atoms with E-state index in [9.17, 15) is 0 Å². The molecule has 0 radical (unpaired) electrons. The quantitative estimate of drug-likeness (QED) is 0.456. The minimum absolute atomic E-state index is 0.0653. The monoisotopic (exact) mass is 470 g/mol. The van der Waals surface area contributed by atoms with E-state index in [4.69, 9.17) is 19.5 Å². The lowest BCUT2D eigenvalue weighted by atomic mass is 9.83. The molecule has 2 saturated carbocycles. The van der Waals surface area contributed by atoms with Gasteiger partial charge in [-0.25, -0.2) is 9.98 Å². The van der Waals surface area contributed by atoms with E-state index in [1.165, 1.54) is 62.5 Å². The highest BCUT2D eigenvalue weighted by Gasteiger charge is 2.50. The number of hydrogen-bond acceptors (Lipinski definition) is 4. The minimum atomic E-state index is -0.217. The first-order valence-electron chi connectivity index (χ1n) is 13.9. The Hall–Kier alpha value is -2.62. The van der Waals surface area contributed by atoms with Gasteiger partial charge in [-0.15, -0.1) is 0 Å². The second-order valence-electron chi connectivity index (χ2n) is 11.0. The zero-order chi connectivity index (χ0) is 23.6. The van der Waals surface area contributed by atoms with Gasteiger partial charge < -0.3 is 9.47 Å². The summed E-state index contributed by atoms with van der Waals surface area (Å²) in [5, 5.41) is 0. The molecule has 0 unspecified atom stereocenters. The first-order chi connectivity index (χ1) is 17.3. The number of aliphatic imine (C=N–C) groups is 2. The Kier molecular flexibility index (Phi) is 6.39. The molecule has 2 aromatic carbocycles. The summed E-state index contributed by atoms with van der Waals surface area (Å²) in [5.74, 6) is 1.63. The molecule has 2 aliphatic heterocycles. The van der Waals surface area contributed by atoms with Crippen LogP contribution >= 0.6 is 0 Å². The van der Waals surface area contributed by atoms with Crippen LogP contribution in [-0.4, -0.2) is 23.0 Å². The fourth-order valence-corrected chi connectivity index (χ4v) is 6.88. The van der Waals surface area contributed by atoms with E-state index in [2.05, 4.69) is 60.7 Å². The van der Waals surface area contributed by atoms with E-state index in [-0.39, 0.29) is 23.3 Å². The molecule has 2 spiro atoms. The van der Waals surface area contributed by atoms with E-state index >= 15 is 0 Å². The van der Waals surface area contributed by atoms with Crippen molar-refractivity contribution in [3.8, 4) is 0 Å². The van der Waals surface area contributed by atoms with Crippen LogP contribution in [0.5, 0.6) is 0 Å². The predicted octanol–water partition coefficient (Wildman–Crippen LogP) is 7.90. The summed E-state index contributed by atoms with van der Waals surface area (Å²) in [4.78, 5) is 10.4. The maximum atomic E-state index is 6.83. The van der Waals surface area contributed by atoms with Crippen molar-refractivity contribution in [3.63, 3.8) is 0 Å². The van der Waals surface area contributed by atoms with Crippen LogP contribution in [-0.2, 0) is 9.47 Å². The Labute approximate surface area is 209 Å². The molecule has 2 heterocycles. The highest BCUT2D eigenvalue weighted by molar-refractivity contribution is 5.99. The van der Waals surface area contributed by atoms with Gasteiger partial charge in [0.15, 0.2) is 11.8 Å². The smallest absolute Gasteiger partial charge is 0.194 e. The van der Waals surface area contributed by atoms with Gasteiger partial charge in [0.25, 0.3) is 0 Å². The van der Waals surface area contributed by atoms with Crippen molar-refractivity contribution in [2.24, 2.45) is 9.98 Å². The number of ether oxygens (including phenoxy) is 2. The van der Waals surface area contributed by atoms with Gasteiger partial charge >= 0.3 is 0 Å². The Bertz CT molecular complexity index is 960. The number of benzene rings is 2. The van der Waals surface area contributed by atoms with Crippen molar-refractivity contribution in [2.45, 2.75) is 107 Å². The molecule has 0 amide bonds. The van der Waals surface area contributed by atoms with Gasteiger partial charge in [0.1, 0.15) is 23.3 Å². The van der Waals surface area contributed by atoms with Crippen molar-refractivity contribution in [1.29, 1.82) is 0 Å². The molecule has 0 saturated heterocycles. The summed E-state index contributed by atoms with van der Waals surface area (Å²) in [5.41, 5.74) is 2.10. The standard InChI is InChI=1S/C31H38N2O2/c1-2-12-20-30(19-11-1)28(24-15-7-5-8-16-24)32-26(34-30)23-27-33-29(25-17-9-6-10-18-25)31(35-27)21-13-3-4-14-22-31/h5-10,15-18,28-29H,1-4,11-14,19-23H2/t28-,29-/m0/s1. The molecule has 4 aliphatic rings. The zero-order valence-electron chi connectivity index (χ0n) is 20.8. The second-order valence-corrected chi connectivity index (χ2v) is 11.0. The average molecular weight is 471 g/mol. The van der Waals surface area contributed by atoms with Gasteiger partial charge in [0.2, 0.25) is 0 Å². The van der Waals surface area contributed by atoms with Crippen LogP contribution in [0.4, 0.5) is 0 Å². The summed E-state index contributed by atoms with van der Waals surface area (Å²) in [6, 6.07) is 21.6. The molecule has 184 valence electrons. The van der Waals surface area contributed by atoms with Crippen LogP contribution in [0.2, 0.25) is 0 Å². The third kappa shape index (κ3) is 4.52. The van der Waals surface area contributed by atoms with Crippen LogP contribution in [0.25, 0.3) is 0 Å². The third-order valence-electron chi connectivity index (χ3n) is 8.62. The van der Waals surface area contributed by atoms with Crippen molar-refractivity contribution in [3.05, 3.63) is 71.8 Å². The summed E-state index contributed by atoms with van der Waals surface area (Å²) >= 11 is 0. The lowest BCUT2D eigenvalue weighted by Crippen LogP contribution is -2.36. The topological polar surface area (TPSA) is 43.2 Å². The van der Waals surface area contributed by atoms with Crippen molar-refractivity contribution >= 4 is 11.8 Å². The maximum absolute atomic E-state index is 6.83. The lowest BCUT2D eigenvalue weighted by molar-refractivity contribution is 0.0314. The molecule has 35 heavy (non-hydrogen) atoms. The molecular formula is C31H38N2O2. The Morgan fingerprint density at radius 3 is 1.29 bits per heavy atom. The van der Waals surface area contributed by atoms with Crippen molar-refractivity contribution in [1.82, 2.24) is 0 Å². The first-order valence-corrected chi connectivity index (χ1v) is 13.9. The van der Waals surface area contributed by atoms with E-state index in [1.807, 2.05) is 0 Å². The average Bonchev–Trinajstić information content (AvgIpc) is 3.18. The van der Waals surface area contributed by atoms with E-state index in [0.717, 1.165) is 37.5 Å². The molecular weight excluding hydrogens is 432 g/mol. The summed E-state index contributed by atoms with van der Waals surface area (Å²) in [6.07, 6.45) is 14.9. The molecule has 0 bridgehead atoms. The number of rotatable bonds is 4. The van der Waals surface area contributed by atoms with E-state index in [1.54, 1.807) is 0 Å². The fraction of sp³-hybridized carbons (Fsp3) is 0.548. The van der Waals surface area contributed by atoms with Gasteiger partial charge in [0, 0.05) is 0 Å². The molecule has 4 heteroatoms. The molecule has 2 aliphatic carbocycles. The Balaban J connectivity index is 1.29. The molecule has 2 fully saturated rings. The van der Waals surface area contributed by atoms with Gasteiger partial charge in [-0.3, -0.25) is 0 Å². The van der Waals surface area contributed by atoms with Crippen LogP contribution in [0.1, 0.15) is 107 Å².